The highest BCUT2D eigenvalue weighted by Crippen LogP contribution is 2.68. The van der Waals surface area contributed by atoms with Crippen LogP contribution in [0.2, 0.25) is 0 Å². The molecule has 1 saturated heterocycles. The predicted octanol–water partition coefficient (Wildman–Crippen LogP) is 5.73. The third kappa shape index (κ3) is 3.21. The molecular formula is C27H44N2O2. The number of fused-ring (bicyclic) bond motifs is 4. The first-order chi connectivity index (χ1) is 14.8. The van der Waals surface area contributed by atoms with Crippen LogP contribution in [0.5, 0.6) is 0 Å². The number of carbonyl (C=O) groups excluding carboxylic acids is 1. The average Bonchev–Trinajstić information content (AvgIpc) is 3.22. The van der Waals surface area contributed by atoms with Crippen molar-refractivity contribution < 1.29 is 9.53 Å². The molecule has 0 N–H and O–H groups in total. The molecule has 0 radical (unpaired) electrons. The molecule has 1 aliphatic heterocycles. The van der Waals surface area contributed by atoms with Crippen LogP contribution in [0, 0.1) is 34.5 Å². The quantitative estimate of drug-likeness (QED) is 0.539. The first kappa shape index (κ1) is 21.8. The highest BCUT2D eigenvalue weighted by atomic mass is 16.6. The maximum Gasteiger partial charge on any atom is 0.409 e. The Morgan fingerprint density at radius 3 is 2.74 bits per heavy atom. The monoisotopic (exact) mass is 428 g/mol. The van der Waals surface area contributed by atoms with Gasteiger partial charge in [-0.15, -0.1) is 0 Å². The van der Waals surface area contributed by atoms with Gasteiger partial charge in [0.15, 0.2) is 0 Å². The van der Waals surface area contributed by atoms with E-state index in [0.717, 1.165) is 55.5 Å². The van der Waals surface area contributed by atoms with Crippen LogP contribution < -0.4 is 0 Å². The van der Waals surface area contributed by atoms with E-state index in [4.69, 9.17) is 4.74 Å². The second-order valence-corrected chi connectivity index (χ2v) is 12.0. The number of ether oxygens (including phenoxy) is 1. The van der Waals surface area contributed by atoms with Crippen LogP contribution >= 0.6 is 0 Å². The number of carbonyl (C=O) groups is 1. The Morgan fingerprint density at radius 1 is 1.19 bits per heavy atom. The molecule has 1 spiro atoms. The zero-order valence-electron chi connectivity index (χ0n) is 20.5. The van der Waals surface area contributed by atoms with Gasteiger partial charge in [-0.05, 0) is 99.8 Å². The van der Waals surface area contributed by atoms with Crippen molar-refractivity contribution in [1.82, 2.24) is 9.80 Å². The van der Waals surface area contributed by atoms with Gasteiger partial charge in [-0.1, -0.05) is 25.5 Å². The van der Waals surface area contributed by atoms with Gasteiger partial charge in [0.25, 0.3) is 0 Å². The second kappa shape index (κ2) is 7.78. The molecule has 0 aromatic heterocycles. The van der Waals surface area contributed by atoms with Crippen molar-refractivity contribution in [2.45, 2.75) is 90.7 Å². The third-order valence-electron chi connectivity index (χ3n) is 10.8. The Kier molecular flexibility index (Phi) is 5.47. The van der Waals surface area contributed by atoms with Crippen LogP contribution in [0.15, 0.2) is 11.6 Å². The highest BCUT2D eigenvalue weighted by molar-refractivity contribution is 5.67. The maximum atomic E-state index is 12.4. The minimum Gasteiger partial charge on any atom is -0.446 e. The van der Waals surface area contributed by atoms with Crippen LogP contribution in [-0.2, 0) is 4.74 Å². The van der Waals surface area contributed by atoms with Gasteiger partial charge >= 0.3 is 6.09 Å². The summed E-state index contributed by atoms with van der Waals surface area (Å²) in [6.07, 6.45) is 13.7. The molecule has 4 heteroatoms. The van der Waals surface area contributed by atoms with Crippen LogP contribution in [0.25, 0.3) is 0 Å². The number of allylic oxidation sites excluding steroid dienone is 1. The van der Waals surface area contributed by atoms with Crippen molar-refractivity contribution in [1.29, 1.82) is 0 Å². The van der Waals surface area contributed by atoms with E-state index in [0.29, 0.717) is 10.8 Å². The number of amides is 1. The molecular weight excluding hydrogens is 384 g/mol. The minimum atomic E-state index is -0.138. The average molecular weight is 429 g/mol. The zero-order valence-corrected chi connectivity index (χ0v) is 20.5. The van der Waals surface area contributed by atoms with E-state index in [1.54, 1.807) is 10.5 Å². The lowest BCUT2D eigenvalue weighted by molar-refractivity contribution is -0.0502. The lowest BCUT2D eigenvalue weighted by Gasteiger charge is -2.58. The molecule has 4 fully saturated rings. The summed E-state index contributed by atoms with van der Waals surface area (Å²) in [4.78, 5) is 16.8. The van der Waals surface area contributed by atoms with E-state index >= 15 is 0 Å². The Bertz CT molecular complexity index is 750. The maximum absolute atomic E-state index is 12.4. The summed E-state index contributed by atoms with van der Waals surface area (Å²) >= 11 is 0. The second-order valence-electron chi connectivity index (χ2n) is 12.0. The summed E-state index contributed by atoms with van der Waals surface area (Å²) < 4.78 is 5.93. The van der Waals surface area contributed by atoms with Crippen LogP contribution in [0.3, 0.4) is 0 Å². The fourth-order valence-electron chi connectivity index (χ4n) is 9.19. The van der Waals surface area contributed by atoms with E-state index in [-0.39, 0.29) is 12.2 Å². The molecule has 4 nitrogen and oxygen atoms in total. The molecule has 5 aliphatic rings. The molecule has 0 aromatic rings. The van der Waals surface area contributed by atoms with Crippen molar-refractivity contribution >= 4 is 6.09 Å². The van der Waals surface area contributed by atoms with Gasteiger partial charge in [-0.2, -0.15) is 0 Å². The summed E-state index contributed by atoms with van der Waals surface area (Å²) in [7, 11) is 4.22. The van der Waals surface area contributed by atoms with Gasteiger partial charge in [0, 0.05) is 32.6 Å². The highest BCUT2D eigenvalue weighted by Gasteiger charge is 2.64. The van der Waals surface area contributed by atoms with Gasteiger partial charge in [0.2, 0.25) is 0 Å². The van der Waals surface area contributed by atoms with Gasteiger partial charge in [0.1, 0.15) is 6.10 Å². The largest absolute Gasteiger partial charge is 0.446 e. The van der Waals surface area contributed by atoms with Crippen LogP contribution in [0.1, 0.15) is 78.6 Å². The number of likely N-dealkylation sites (tertiary alicyclic amines) is 1. The first-order valence-corrected chi connectivity index (χ1v) is 13.1. The van der Waals surface area contributed by atoms with E-state index in [1.807, 2.05) is 7.05 Å². The van der Waals surface area contributed by atoms with Gasteiger partial charge < -0.3 is 14.5 Å². The number of rotatable bonds is 3. The lowest BCUT2D eigenvalue weighted by Crippen LogP contribution is -2.52. The Hall–Kier alpha value is -1.03. The molecule has 0 aromatic carbocycles. The SMILES string of the molecule is CCCN(C)C(=O)O[C@H]1CC[C@@]2(C)C(=CC[C@H]3[C@@H]4CCC5[C@H](C)N(C)C[C@@]54CC[C@@H]32)C1. The lowest BCUT2D eigenvalue weighted by atomic mass is 9.47. The van der Waals surface area contributed by atoms with Crippen LogP contribution in [0.4, 0.5) is 4.79 Å². The van der Waals surface area contributed by atoms with Crippen molar-refractivity contribution in [2.75, 3.05) is 27.2 Å². The third-order valence-corrected chi connectivity index (χ3v) is 10.8. The van der Waals surface area contributed by atoms with E-state index in [9.17, 15) is 4.79 Å². The Morgan fingerprint density at radius 2 is 1.97 bits per heavy atom. The fraction of sp³-hybridized carbons (Fsp3) is 0.889. The predicted molar refractivity (Wildman–Crippen MR) is 125 cm³/mol. The molecule has 31 heavy (non-hydrogen) atoms. The summed E-state index contributed by atoms with van der Waals surface area (Å²) in [5, 5.41) is 0. The van der Waals surface area contributed by atoms with Crippen molar-refractivity contribution in [3.05, 3.63) is 11.6 Å². The molecule has 8 atom stereocenters. The summed E-state index contributed by atoms with van der Waals surface area (Å²) in [6.45, 7) is 9.25. The van der Waals surface area contributed by atoms with Gasteiger partial charge in [0.05, 0.1) is 0 Å². The first-order valence-electron chi connectivity index (χ1n) is 13.1. The minimum absolute atomic E-state index is 0.0674. The van der Waals surface area contributed by atoms with Gasteiger partial charge in [-0.25, -0.2) is 4.79 Å². The standard InChI is InChI=1S/C27H44N2O2/c1-6-15-28(4)25(30)31-20-11-13-26(3)19(16-20)7-8-21-23(26)12-14-27-17-29(5)18(2)22(27)9-10-24(21)27/h7,18,20-24H,6,8-17H2,1-5H3/t18-,20-,21+,22?,23-,24-,26-,27-/m0/s1. The normalized spacial score (nSPS) is 46.4. The molecule has 4 aliphatic carbocycles. The summed E-state index contributed by atoms with van der Waals surface area (Å²) in [5.74, 6) is 3.57. The number of hydrogen-bond donors (Lipinski definition) is 0. The molecule has 0 bridgehead atoms. The van der Waals surface area contributed by atoms with E-state index < -0.39 is 0 Å². The fourth-order valence-corrected chi connectivity index (χ4v) is 9.19. The molecule has 174 valence electrons. The molecule has 3 saturated carbocycles. The summed E-state index contributed by atoms with van der Waals surface area (Å²) in [5.41, 5.74) is 2.54. The van der Waals surface area contributed by atoms with Crippen molar-refractivity contribution in [2.24, 2.45) is 34.5 Å². The zero-order chi connectivity index (χ0) is 22.0. The Balaban J connectivity index is 1.32. The van der Waals surface area contributed by atoms with Gasteiger partial charge in [-0.3, -0.25) is 0 Å². The molecule has 1 unspecified atom stereocenters. The molecule has 1 amide bonds. The van der Waals surface area contributed by atoms with E-state index in [2.05, 4.69) is 38.8 Å². The number of nitrogens with zero attached hydrogens (tertiary/aromatic N) is 2. The Labute approximate surface area is 189 Å². The molecule has 5 rings (SSSR count). The van der Waals surface area contributed by atoms with Crippen molar-refractivity contribution in [3.63, 3.8) is 0 Å². The molecule has 1 heterocycles. The number of hydrogen-bond acceptors (Lipinski definition) is 3. The topological polar surface area (TPSA) is 32.8 Å². The van der Waals surface area contributed by atoms with Crippen LogP contribution in [-0.4, -0.2) is 55.2 Å². The smallest absolute Gasteiger partial charge is 0.409 e. The van der Waals surface area contributed by atoms with Crippen molar-refractivity contribution in [3.8, 4) is 0 Å². The summed E-state index contributed by atoms with van der Waals surface area (Å²) in [6, 6.07) is 0.766. The van der Waals surface area contributed by atoms with E-state index in [1.165, 1.54) is 45.1 Å².